The molecule has 0 saturated carbocycles. The van der Waals surface area contributed by atoms with Crippen LogP contribution in [0.25, 0.3) is 0 Å². The Morgan fingerprint density at radius 3 is 1.43 bits per heavy atom. The first-order valence-electron chi connectivity index (χ1n) is 6.29. The average Bonchev–Trinajstić information content (AvgIpc) is 2.45. The molecule has 0 radical (unpaired) electrons. The minimum Gasteiger partial charge on any atom is -0.435 e. The van der Waals surface area contributed by atoms with E-state index in [0.717, 1.165) is 0 Å². The van der Waals surface area contributed by atoms with Gasteiger partial charge >= 0.3 is 12.3 Å². The lowest BCUT2D eigenvalue weighted by Gasteiger charge is -1.99. The molecule has 0 rings (SSSR count). The van der Waals surface area contributed by atoms with Gasteiger partial charge in [-0.3, -0.25) is 0 Å². The molecule has 7 nitrogen and oxygen atoms in total. The second-order valence-corrected chi connectivity index (χ2v) is 3.14. The van der Waals surface area contributed by atoms with Gasteiger partial charge in [-0.05, 0) is 13.8 Å². The van der Waals surface area contributed by atoms with Crippen molar-refractivity contribution in [2.24, 2.45) is 0 Å². The molecule has 0 fully saturated rings. The van der Waals surface area contributed by atoms with Crippen molar-refractivity contribution in [1.29, 1.82) is 0 Å². The normalized spacial score (nSPS) is 8.48. The van der Waals surface area contributed by atoms with Gasteiger partial charge in [-0.1, -0.05) is 23.7 Å². The van der Waals surface area contributed by atoms with Gasteiger partial charge < -0.3 is 23.7 Å². The molecule has 0 aliphatic rings. The van der Waals surface area contributed by atoms with Gasteiger partial charge in [0.1, 0.15) is 13.2 Å². The zero-order chi connectivity index (χ0) is 15.8. The number of carbonyl (C=O) groups excluding carboxylic acids is 2. The van der Waals surface area contributed by atoms with Crippen LogP contribution in [0.3, 0.4) is 0 Å². The molecular weight excluding hydrogens is 280 g/mol. The van der Waals surface area contributed by atoms with Gasteiger partial charge in [-0.2, -0.15) is 0 Å². The Morgan fingerprint density at radius 2 is 1.05 bits per heavy atom. The van der Waals surface area contributed by atoms with E-state index in [1.165, 1.54) is 0 Å². The van der Waals surface area contributed by atoms with E-state index in [0.29, 0.717) is 0 Å². The van der Waals surface area contributed by atoms with Gasteiger partial charge in [0.05, 0.1) is 13.2 Å². The summed E-state index contributed by atoms with van der Waals surface area (Å²) < 4.78 is 23.3. The van der Waals surface area contributed by atoms with E-state index in [1.54, 1.807) is 13.8 Å². The summed E-state index contributed by atoms with van der Waals surface area (Å²) in [6, 6.07) is 0. The Bertz CT molecular complexity index is 382. The molecular formula is C14H18O7. The zero-order valence-corrected chi connectivity index (χ0v) is 12.1. The molecule has 0 heterocycles. The maximum Gasteiger partial charge on any atom is 0.509 e. The molecule has 0 unspecified atom stereocenters. The lowest BCUT2D eigenvalue weighted by atomic mass is 10.6. The van der Waals surface area contributed by atoms with E-state index in [4.69, 9.17) is 4.74 Å². The number of ether oxygens (including phenoxy) is 5. The van der Waals surface area contributed by atoms with Crippen LogP contribution < -0.4 is 0 Å². The van der Waals surface area contributed by atoms with Crippen LogP contribution in [-0.2, 0) is 23.7 Å². The van der Waals surface area contributed by atoms with Crippen molar-refractivity contribution in [2.45, 2.75) is 13.8 Å². The third-order valence-corrected chi connectivity index (χ3v) is 1.65. The van der Waals surface area contributed by atoms with Crippen LogP contribution in [0.1, 0.15) is 13.8 Å². The third-order valence-electron chi connectivity index (χ3n) is 1.65. The Hall–Kier alpha value is -2.38. The maximum atomic E-state index is 10.8. The van der Waals surface area contributed by atoms with Crippen molar-refractivity contribution in [2.75, 3.05) is 39.6 Å². The second-order valence-electron chi connectivity index (χ2n) is 3.14. The van der Waals surface area contributed by atoms with E-state index in [2.05, 4.69) is 42.6 Å². The van der Waals surface area contributed by atoms with Crippen molar-refractivity contribution < 1.29 is 33.3 Å². The molecule has 7 heteroatoms. The number of carbonyl (C=O) groups is 2. The quantitative estimate of drug-likeness (QED) is 0.416. The molecule has 0 saturated heterocycles. The number of rotatable bonds is 6. The SMILES string of the molecule is CCOC(=O)OCC#CCOCC#CCOC(=O)OCC. The van der Waals surface area contributed by atoms with Gasteiger partial charge in [-0.25, -0.2) is 9.59 Å². The summed E-state index contributed by atoms with van der Waals surface area (Å²) in [4.78, 5) is 21.5. The van der Waals surface area contributed by atoms with Gasteiger partial charge in [0.2, 0.25) is 0 Å². The van der Waals surface area contributed by atoms with Gasteiger partial charge in [0, 0.05) is 0 Å². The standard InChI is InChI=1S/C14H18O7/c1-3-18-13(15)20-11-7-5-9-17-10-6-8-12-21-14(16)19-4-2/h3-4,9-12H2,1-2H3. The first kappa shape index (κ1) is 18.6. The van der Waals surface area contributed by atoms with E-state index < -0.39 is 12.3 Å². The van der Waals surface area contributed by atoms with Crippen LogP contribution in [0.15, 0.2) is 0 Å². The predicted octanol–water partition coefficient (Wildman–Crippen LogP) is 1.36. The molecule has 0 amide bonds. The molecule has 0 aliphatic carbocycles. The molecule has 0 atom stereocenters. The largest absolute Gasteiger partial charge is 0.509 e. The Kier molecular flexibility index (Phi) is 12.4. The minimum atomic E-state index is -0.750. The lowest BCUT2D eigenvalue weighted by Crippen LogP contribution is -2.07. The highest BCUT2D eigenvalue weighted by Gasteiger charge is 1.98. The zero-order valence-electron chi connectivity index (χ0n) is 12.1. The fourth-order valence-corrected chi connectivity index (χ4v) is 0.866. The van der Waals surface area contributed by atoms with Crippen molar-refractivity contribution in [3.05, 3.63) is 0 Å². The molecule has 0 spiro atoms. The fraction of sp³-hybridized carbons (Fsp3) is 0.571. The topological polar surface area (TPSA) is 80.3 Å². The van der Waals surface area contributed by atoms with Crippen LogP contribution in [0, 0.1) is 23.7 Å². The highest BCUT2D eigenvalue weighted by atomic mass is 16.7. The molecule has 21 heavy (non-hydrogen) atoms. The van der Waals surface area contributed by atoms with Crippen molar-refractivity contribution in [3.8, 4) is 23.7 Å². The third kappa shape index (κ3) is 13.8. The second kappa shape index (κ2) is 14.0. The van der Waals surface area contributed by atoms with Gasteiger partial charge in [-0.15, -0.1) is 0 Å². The Labute approximate surface area is 123 Å². The van der Waals surface area contributed by atoms with Crippen LogP contribution in [-0.4, -0.2) is 52.0 Å². The van der Waals surface area contributed by atoms with E-state index >= 15 is 0 Å². The minimum absolute atomic E-state index is 0.0543. The van der Waals surface area contributed by atoms with Crippen LogP contribution in [0.2, 0.25) is 0 Å². The molecule has 0 bridgehead atoms. The fourth-order valence-electron chi connectivity index (χ4n) is 0.866. The van der Waals surface area contributed by atoms with Crippen LogP contribution in [0.4, 0.5) is 9.59 Å². The van der Waals surface area contributed by atoms with Gasteiger partial charge in [0.15, 0.2) is 13.2 Å². The summed E-state index contributed by atoms with van der Waals surface area (Å²) in [5.74, 6) is 10.4. The maximum absolute atomic E-state index is 10.8. The number of hydrogen-bond acceptors (Lipinski definition) is 7. The Morgan fingerprint density at radius 1 is 0.667 bits per heavy atom. The van der Waals surface area contributed by atoms with Crippen molar-refractivity contribution in [3.63, 3.8) is 0 Å². The average molecular weight is 298 g/mol. The van der Waals surface area contributed by atoms with Gasteiger partial charge in [0.25, 0.3) is 0 Å². The molecule has 116 valence electrons. The summed E-state index contributed by atoms with van der Waals surface area (Å²) in [6.07, 6.45) is -1.50. The molecule has 0 aromatic heterocycles. The predicted molar refractivity (Wildman–Crippen MR) is 72.3 cm³/mol. The summed E-state index contributed by atoms with van der Waals surface area (Å²) >= 11 is 0. The summed E-state index contributed by atoms with van der Waals surface area (Å²) in [5, 5.41) is 0. The molecule has 0 aromatic rings. The lowest BCUT2D eigenvalue weighted by molar-refractivity contribution is 0.0676. The van der Waals surface area contributed by atoms with E-state index in [-0.39, 0.29) is 39.6 Å². The summed E-state index contributed by atoms with van der Waals surface area (Å²) in [7, 11) is 0. The highest BCUT2D eigenvalue weighted by molar-refractivity contribution is 5.60. The van der Waals surface area contributed by atoms with Crippen molar-refractivity contribution in [1.82, 2.24) is 0 Å². The summed E-state index contributed by atoms with van der Waals surface area (Å²) in [6.45, 7) is 4.07. The van der Waals surface area contributed by atoms with Crippen LogP contribution in [0.5, 0.6) is 0 Å². The Balaban J connectivity index is 3.48. The monoisotopic (exact) mass is 298 g/mol. The summed E-state index contributed by atoms with van der Waals surface area (Å²) in [5.41, 5.74) is 0. The van der Waals surface area contributed by atoms with E-state index in [9.17, 15) is 9.59 Å². The molecule has 0 aliphatic heterocycles. The molecule has 0 aromatic carbocycles. The van der Waals surface area contributed by atoms with E-state index in [1.807, 2.05) is 0 Å². The van der Waals surface area contributed by atoms with Crippen LogP contribution >= 0.6 is 0 Å². The van der Waals surface area contributed by atoms with Crippen molar-refractivity contribution >= 4 is 12.3 Å². The highest BCUT2D eigenvalue weighted by Crippen LogP contribution is 1.84. The molecule has 0 N–H and O–H groups in total. The first-order valence-corrected chi connectivity index (χ1v) is 6.29. The first-order chi connectivity index (χ1) is 10.2. The number of hydrogen-bond donors (Lipinski definition) is 0. The smallest absolute Gasteiger partial charge is 0.435 e.